The van der Waals surface area contributed by atoms with Gasteiger partial charge in [0.25, 0.3) is 0 Å². The molecule has 0 fully saturated rings. The van der Waals surface area contributed by atoms with Crippen molar-refractivity contribution in [1.29, 1.82) is 0 Å². The van der Waals surface area contributed by atoms with E-state index in [1.807, 2.05) is 0 Å². The maximum atomic E-state index is 5.79. The molecule has 1 aromatic carbocycles. The fourth-order valence-electron chi connectivity index (χ4n) is 0.700. The van der Waals surface area contributed by atoms with Crippen LogP contribution in [0.3, 0.4) is 0 Å². The van der Waals surface area contributed by atoms with Crippen LogP contribution in [0.25, 0.3) is 0 Å². The van der Waals surface area contributed by atoms with Crippen molar-refractivity contribution in [2.75, 3.05) is 0 Å². The van der Waals surface area contributed by atoms with Gasteiger partial charge in [-0.1, -0.05) is 35.3 Å². The molecule has 58 valence electrons. The van der Waals surface area contributed by atoms with Crippen LogP contribution in [0.4, 0.5) is 0 Å². The second-order valence-electron chi connectivity index (χ2n) is 1.92. The summed E-state index contributed by atoms with van der Waals surface area (Å²) in [5, 5.41) is 4.32. The summed E-state index contributed by atoms with van der Waals surface area (Å²) in [5.74, 6) is 4.95. The van der Waals surface area contributed by atoms with Gasteiger partial charge in [0.05, 0.1) is 16.3 Å². The topological polar surface area (TPSA) is 38.4 Å². The van der Waals surface area contributed by atoms with Crippen LogP contribution < -0.4 is 5.84 Å². The first kappa shape index (κ1) is 8.37. The average Bonchev–Trinajstić information content (AvgIpc) is 1.99. The Kier molecular flexibility index (Phi) is 2.74. The molecule has 0 aliphatic carbocycles. The van der Waals surface area contributed by atoms with Gasteiger partial charge in [-0.2, -0.15) is 5.10 Å². The number of nitrogens with two attached hydrogens (primary N) is 1. The quantitative estimate of drug-likeness (QED) is 0.410. The number of rotatable bonds is 1. The van der Waals surface area contributed by atoms with Gasteiger partial charge >= 0.3 is 0 Å². The van der Waals surface area contributed by atoms with Crippen LogP contribution in [0, 0.1) is 0 Å². The van der Waals surface area contributed by atoms with Crippen LogP contribution in [-0.2, 0) is 0 Å². The average molecular weight is 189 g/mol. The summed E-state index contributed by atoms with van der Waals surface area (Å²) in [6, 6.07) is 5.27. The first-order chi connectivity index (χ1) is 5.25. The Balaban J connectivity index is 3.16. The Hall–Kier alpha value is -0.730. The molecule has 0 radical (unpaired) electrons. The Morgan fingerprint density at radius 1 is 1.36 bits per heavy atom. The molecule has 0 aromatic heterocycles. The number of hydrazone groups is 1. The molecule has 2 N–H and O–H groups in total. The van der Waals surface area contributed by atoms with Gasteiger partial charge in [-0.3, -0.25) is 0 Å². The van der Waals surface area contributed by atoms with Crippen molar-refractivity contribution in [3.63, 3.8) is 0 Å². The van der Waals surface area contributed by atoms with E-state index in [-0.39, 0.29) is 0 Å². The van der Waals surface area contributed by atoms with Gasteiger partial charge in [0.2, 0.25) is 0 Å². The third-order valence-corrected chi connectivity index (χ3v) is 2.03. The summed E-state index contributed by atoms with van der Waals surface area (Å²) in [6.45, 7) is 0. The first-order valence-electron chi connectivity index (χ1n) is 2.93. The predicted molar refractivity (Wildman–Crippen MR) is 48.2 cm³/mol. The summed E-state index contributed by atoms with van der Waals surface area (Å²) in [5.41, 5.74) is 0.724. The number of hydrogen-bond acceptors (Lipinski definition) is 2. The molecular weight excluding hydrogens is 183 g/mol. The number of hydrogen-bond donors (Lipinski definition) is 1. The molecule has 0 unspecified atom stereocenters. The van der Waals surface area contributed by atoms with E-state index in [9.17, 15) is 0 Å². The molecule has 0 spiro atoms. The minimum absolute atomic E-state index is 0.475. The van der Waals surface area contributed by atoms with E-state index in [2.05, 4.69) is 5.10 Å². The maximum Gasteiger partial charge on any atom is 0.0680 e. The minimum atomic E-state index is 0.475. The molecule has 0 saturated heterocycles. The number of halogens is 2. The summed E-state index contributed by atoms with van der Waals surface area (Å²) < 4.78 is 0. The lowest BCUT2D eigenvalue weighted by Crippen LogP contribution is -1.87. The summed E-state index contributed by atoms with van der Waals surface area (Å²) >= 11 is 11.5. The van der Waals surface area contributed by atoms with Gasteiger partial charge in [-0.15, -0.1) is 0 Å². The van der Waals surface area contributed by atoms with Crippen LogP contribution in [0.15, 0.2) is 23.3 Å². The van der Waals surface area contributed by atoms with Crippen molar-refractivity contribution in [3.8, 4) is 0 Å². The van der Waals surface area contributed by atoms with Crippen molar-refractivity contribution in [3.05, 3.63) is 33.8 Å². The van der Waals surface area contributed by atoms with Gasteiger partial charge in [0.1, 0.15) is 0 Å². The fraction of sp³-hybridized carbons (Fsp3) is 0. The molecule has 0 saturated carbocycles. The van der Waals surface area contributed by atoms with E-state index >= 15 is 0 Å². The third-order valence-electron chi connectivity index (χ3n) is 1.20. The molecule has 1 aromatic rings. The van der Waals surface area contributed by atoms with Crippen molar-refractivity contribution in [2.24, 2.45) is 10.9 Å². The Bertz CT molecular complexity index is 284. The van der Waals surface area contributed by atoms with E-state index in [0.717, 1.165) is 5.56 Å². The molecule has 0 bridgehead atoms. The number of nitrogens with zero attached hydrogens (tertiary/aromatic N) is 1. The molecule has 0 aliphatic heterocycles. The second-order valence-corrected chi connectivity index (χ2v) is 2.71. The predicted octanol–water partition coefficient (Wildman–Crippen LogP) is 2.29. The van der Waals surface area contributed by atoms with E-state index in [4.69, 9.17) is 29.0 Å². The highest BCUT2D eigenvalue weighted by molar-refractivity contribution is 6.43. The Morgan fingerprint density at radius 2 is 2.09 bits per heavy atom. The molecule has 2 nitrogen and oxygen atoms in total. The Labute approximate surface area is 74.6 Å². The van der Waals surface area contributed by atoms with E-state index in [1.165, 1.54) is 6.21 Å². The zero-order chi connectivity index (χ0) is 8.27. The van der Waals surface area contributed by atoms with E-state index < -0.39 is 0 Å². The lowest BCUT2D eigenvalue weighted by molar-refractivity contribution is 1.26. The lowest BCUT2D eigenvalue weighted by Gasteiger charge is -1.97. The zero-order valence-corrected chi connectivity index (χ0v) is 7.10. The van der Waals surface area contributed by atoms with Gasteiger partial charge < -0.3 is 5.84 Å². The normalized spacial score (nSPS) is 10.7. The van der Waals surface area contributed by atoms with Crippen molar-refractivity contribution < 1.29 is 0 Å². The van der Waals surface area contributed by atoms with Crippen LogP contribution in [0.2, 0.25) is 10.0 Å². The van der Waals surface area contributed by atoms with E-state index in [0.29, 0.717) is 10.0 Å². The standard InChI is InChI=1S/C7H6Cl2N2/c8-6-3-1-2-5(4-11-10)7(6)9/h1-4H,10H2. The minimum Gasteiger partial charge on any atom is -0.323 e. The van der Waals surface area contributed by atoms with Crippen LogP contribution in [-0.4, -0.2) is 6.21 Å². The third kappa shape index (κ3) is 1.85. The summed E-state index contributed by atoms with van der Waals surface area (Å²) in [4.78, 5) is 0. The highest BCUT2D eigenvalue weighted by atomic mass is 35.5. The molecule has 4 heteroatoms. The monoisotopic (exact) mass is 188 g/mol. The van der Waals surface area contributed by atoms with Crippen molar-refractivity contribution in [1.82, 2.24) is 0 Å². The van der Waals surface area contributed by atoms with Gasteiger partial charge in [-0.05, 0) is 6.07 Å². The van der Waals surface area contributed by atoms with Crippen LogP contribution in [0.5, 0.6) is 0 Å². The highest BCUT2D eigenvalue weighted by Gasteiger charge is 2.00. The molecule has 0 amide bonds. The smallest absolute Gasteiger partial charge is 0.0680 e. The maximum absolute atomic E-state index is 5.79. The molecular formula is C7H6Cl2N2. The Morgan fingerprint density at radius 3 is 2.73 bits per heavy atom. The van der Waals surface area contributed by atoms with Gasteiger partial charge in [0.15, 0.2) is 0 Å². The first-order valence-corrected chi connectivity index (χ1v) is 3.68. The SMILES string of the molecule is NN=Cc1cccc(Cl)c1Cl. The fourth-order valence-corrected chi connectivity index (χ4v) is 1.06. The second kappa shape index (κ2) is 3.60. The molecule has 1 rings (SSSR count). The molecule has 0 heterocycles. The largest absolute Gasteiger partial charge is 0.323 e. The van der Waals surface area contributed by atoms with Crippen molar-refractivity contribution >= 4 is 29.4 Å². The van der Waals surface area contributed by atoms with Crippen LogP contribution >= 0.6 is 23.2 Å². The molecule has 0 atom stereocenters. The van der Waals surface area contributed by atoms with Gasteiger partial charge in [-0.25, -0.2) is 0 Å². The zero-order valence-electron chi connectivity index (χ0n) is 5.59. The number of benzene rings is 1. The summed E-state index contributed by atoms with van der Waals surface area (Å²) in [7, 11) is 0. The highest BCUT2D eigenvalue weighted by Crippen LogP contribution is 2.23. The van der Waals surface area contributed by atoms with E-state index in [1.54, 1.807) is 18.2 Å². The molecule has 0 aliphatic rings. The lowest BCUT2D eigenvalue weighted by atomic mass is 10.2. The van der Waals surface area contributed by atoms with Crippen molar-refractivity contribution in [2.45, 2.75) is 0 Å². The van der Waals surface area contributed by atoms with Crippen LogP contribution in [0.1, 0.15) is 5.56 Å². The van der Waals surface area contributed by atoms with Gasteiger partial charge in [0, 0.05) is 5.56 Å². The summed E-state index contributed by atoms with van der Waals surface area (Å²) in [6.07, 6.45) is 1.45. The molecule has 11 heavy (non-hydrogen) atoms.